The van der Waals surface area contributed by atoms with E-state index in [2.05, 4.69) is 4.98 Å². The summed E-state index contributed by atoms with van der Waals surface area (Å²) < 4.78 is 14.2. The normalized spacial score (nSPS) is 12.8. The van der Waals surface area contributed by atoms with Crippen LogP contribution in [0.15, 0.2) is 12.4 Å². The first-order valence-electron chi connectivity index (χ1n) is 3.44. The maximum Gasteiger partial charge on any atom is 0.338 e. The van der Waals surface area contributed by atoms with E-state index in [0.29, 0.717) is 5.82 Å². The van der Waals surface area contributed by atoms with Crippen LogP contribution in [0.4, 0.5) is 4.39 Å². The van der Waals surface area contributed by atoms with E-state index in [1.54, 1.807) is 17.8 Å². The Kier molecular flexibility index (Phi) is 2.42. The molecular weight excluding hydrogens is 163 g/mol. The molecule has 0 fully saturated rings. The van der Waals surface area contributed by atoms with E-state index in [4.69, 9.17) is 5.11 Å². The molecule has 1 atom stereocenters. The average Bonchev–Trinajstić information content (AvgIpc) is 2.36. The number of hydrogen-bond donors (Lipinski definition) is 1. The molecule has 0 saturated carbocycles. The van der Waals surface area contributed by atoms with E-state index < -0.39 is 12.1 Å². The van der Waals surface area contributed by atoms with Crippen LogP contribution in [-0.2, 0) is 18.3 Å². The van der Waals surface area contributed by atoms with Crippen LogP contribution in [0.5, 0.6) is 0 Å². The lowest BCUT2D eigenvalue weighted by molar-refractivity contribution is -0.142. The summed E-state index contributed by atoms with van der Waals surface area (Å²) in [6.07, 6.45) is 1.10. The zero-order valence-corrected chi connectivity index (χ0v) is 6.57. The first-order chi connectivity index (χ1) is 5.61. The summed E-state index contributed by atoms with van der Waals surface area (Å²) in [4.78, 5) is 13.9. The number of hydrogen-bond acceptors (Lipinski definition) is 2. The van der Waals surface area contributed by atoms with E-state index in [1.807, 2.05) is 0 Å². The number of aliphatic carboxylic acids is 1. The van der Waals surface area contributed by atoms with Gasteiger partial charge in [0.05, 0.1) is 0 Å². The Hall–Kier alpha value is -1.39. The molecule has 66 valence electrons. The summed E-state index contributed by atoms with van der Waals surface area (Å²) in [5.74, 6) is -1.01. The molecule has 1 aromatic rings. The molecule has 12 heavy (non-hydrogen) atoms. The number of imidazole rings is 1. The standard InChI is InChI=1S/C7H9FN2O2/c1-10-3-2-9-6(10)4-5(8)7(11)12/h2-3,5H,4H2,1H3,(H,11,12). The Morgan fingerprint density at radius 3 is 3.00 bits per heavy atom. The third-order valence-electron chi connectivity index (χ3n) is 1.55. The van der Waals surface area contributed by atoms with Gasteiger partial charge in [0.2, 0.25) is 6.17 Å². The van der Waals surface area contributed by atoms with Gasteiger partial charge in [0.25, 0.3) is 0 Å². The summed E-state index contributed by atoms with van der Waals surface area (Å²) in [5.41, 5.74) is 0. The largest absolute Gasteiger partial charge is 0.479 e. The smallest absolute Gasteiger partial charge is 0.338 e. The molecule has 0 bridgehead atoms. The summed E-state index contributed by atoms with van der Waals surface area (Å²) in [6, 6.07) is 0. The van der Waals surface area contributed by atoms with Crippen LogP contribution < -0.4 is 0 Å². The van der Waals surface area contributed by atoms with Crippen molar-refractivity contribution in [3.05, 3.63) is 18.2 Å². The minimum atomic E-state index is -1.87. The topological polar surface area (TPSA) is 55.1 Å². The molecule has 0 aliphatic rings. The molecule has 0 aliphatic carbocycles. The predicted octanol–water partition coefficient (Wildman–Crippen LogP) is 0.385. The van der Waals surface area contributed by atoms with Crippen molar-refractivity contribution in [1.29, 1.82) is 0 Å². The Labute approximate surface area is 68.7 Å². The van der Waals surface area contributed by atoms with Crippen LogP contribution in [0.1, 0.15) is 5.82 Å². The first-order valence-corrected chi connectivity index (χ1v) is 3.44. The number of halogens is 1. The second-order valence-corrected chi connectivity index (χ2v) is 2.46. The van der Waals surface area contributed by atoms with Crippen LogP contribution in [-0.4, -0.2) is 26.8 Å². The highest BCUT2D eigenvalue weighted by atomic mass is 19.1. The molecule has 4 nitrogen and oxygen atoms in total. The lowest BCUT2D eigenvalue weighted by Crippen LogP contribution is -2.19. The number of aryl methyl sites for hydroxylation is 1. The molecule has 0 amide bonds. The van der Waals surface area contributed by atoms with Crippen molar-refractivity contribution in [3.8, 4) is 0 Å². The third-order valence-corrected chi connectivity index (χ3v) is 1.55. The van der Waals surface area contributed by atoms with Gasteiger partial charge in [-0.2, -0.15) is 0 Å². The fraction of sp³-hybridized carbons (Fsp3) is 0.429. The zero-order chi connectivity index (χ0) is 9.14. The fourth-order valence-corrected chi connectivity index (χ4v) is 0.841. The number of alkyl halides is 1. The van der Waals surface area contributed by atoms with Gasteiger partial charge in [-0.25, -0.2) is 14.2 Å². The van der Waals surface area contributed by atoms with Crippen molar-refractivity contribution < 1.29 is 14.3 Å². The second-order valence-electron chi connectivity index (χ2n) is 2.46. The second kappa shape index (κ2) is 3.34. The monoisotopic (exact) mass is 172 g/mol. The number of carboxylic acid groups (broad SMARTS) is 1. The highest BCUT2D eigenvalue weighted by Crippen LogP contribution is 2.02. The van der Waals surface area contributed by atoms with E-state index in [0.717, 1.165) is 0 Å². The molecule has 1 rings (SSSR count). The molecule has 5 heteroatoms. The molecule has 1 aromatic heterocycles. The minimum Gasteiger partial charge on any atom is -0.479 e. The van der Waals surface area contributed by atoms with E-state index in [-0.39, 0.29) is 6.42 Å². The molecule has 0 aliphatic heterocycles. The molecular formula is C7H9FN2O2. The van der Waals surface area contributed by atoms with Crippen LogP contribution in [0.25, 0.3) is 0 Å². The maximum absolute atomic E-state index is 12.6. The molecule has 1 unspecified atom stereocenters. The van der Waals surface area contributed by atoms with Gasteiger partial charge in [-0.05, 0) is 0 Å². The van der Waals surface area contributed by atoms with Gasteiger partial charge >= 0.3 is 5.97 Å². The van der Waals surface area contributed by atoms with Gasteiger partial charge in [0, 0.05) is 25.9 Å². The Morgan fingerprint density at radius 1 is 1.92 bits per heavy atom. The molecule has 1 heterocycles. The van der Waals surface area contributed by atoms with E-state index in [1.165, 1.54) is 6.20 Å². The highest BCUT2D eigenvalue weighted by Gasteiger charge is 2.17. The van der Waals surface area contributed by atoms with Gasteiger partial charge in [-0.3, -0.25) is 0 Å². The van der Waals surface area contributed by atoms with Crippen LogP contribution in [0.3, 0.4) is 0 Å². The van der Waals surface area contributed by atoms with Crippen LogP contribution in [0, 0.1) is 0 Å². The summed E-state index contributed by atoms with van der Waals surface area (Å²) >= 11 is 0. The summed E-state index contributed by atoms with van der Waals surface area (Å²) in [7, 11) is 1.69. The van der Waals surface area contributed by atoms with Crippen molar-refractivity contribution in [2.75, 3.05) is 0 Å². The van der Waals surface area contributed by atoms with Crippen molar-refractivity contribution >= 4 is 5.97 Å². The van der Waals surface area contributed by atoms with Crippen molar-refractivity contribution in [2.24, 2.45) is 7.05 Å². The molecule has 1 N–H and O–H groups in total. The lowest BCUT2D eigenvalue weighted by Gasteiger charge is -2.02. The minimum absolute atomic E-state index is 0.182. The van der Waals surface area contributed by atoms with Crippen LogP contribution >= 0.6 is 0 Å². The highest BCUT2D eigenvalue weighted by molar-refractivity contribution is 5.72. The zero-order valence-electron chi connectivity index (χ0n) is 6.57. The van der Waals surface area contributed by atoms with Crippen molar-refractivity contribution in [1.82, 2.24) is 9.55 Å². The Bertz CT molecular complexity index is 285. The number of carbonyl (C=O) groups is 1. The number of carboxylic acids is 1. The summed E-state index contributed by atoms with van der Waals surface area (Å²) in [6.45, 7) is 0. The summed E-state index contributed by atoms with van der Waals surface area (Å²) in [5, 5.41) is 8.26. The molecule has 0 saturated heterocycles. The van der Waals surface area contributed by atoms with Gasteiger partial charge in [0.1, 0.15) is 5.82 Å². The van der Waals surface area contributed by atoms with E-state index >= 15 is 0 Å². The quantitative estimate of drug-likeness (QED) is 0.717. The number of aromatic nitrogens is 2. The third kappa shape index (κ3) is 1.81. The number of rotatable bonds is 3. The van der Waals surface area contributed by atoms with Crippen molar-refractivity contribution in [2.45, 2.75) is 12.6 Å². The lowest BCUT2D eigenvalue weighted by atomic mass is 10.2. The molecule has 0 spiro atoms. The average molecular weight is 172 g/mol. The van der Waals surface area contributed by atoms with Gasteiger partial charge in [-0.1, -0.05) is 0 Å². The van der Waals surface area contributed by atoms with Gasteiger partial charge in [-0.15, -0.1) is 0 Å². The Balaban J connectivity index is 2.64. The van der Waals surface area contributed by atoms with Crippen LogP contribution in [0.2, 0.25) is 0 Å². The first kappa shape index (κ1) is 8.70. The maximum atomic E-state index is 12.6. The van der Waals surface area contributed by atoms with Gasteiger partial charge < -0.3 is 9.67 Å². The van der Waals surface area contributed by atoms with Crippen molar-refractivity contribution in [3.63, 3.8) is 0 Å². The van der Waals surface area contributed by atoms with Gasteiger partial charge in [0.15, 0.2) is 0 Å². The predicted molar refractivity (Wildman–Crippen MR) is 39.4 cm³/mol. The van der Waals surface area contributed by atoms with E-state index in [9.17, 15) is 9.18 Å². The SMILES string of the molecule is Cn1ccnc1CC(F)C(=O)O. The number of nitrogens with zero attached hydrogens (tertiary/aromatic N) is 2. The Morgan fingerprint density at radius 2 is 2.58 bits per heavy atom. The fourth-order valence-electron chi connectivity index (χ4n) is 0.841. The molecule has 0 radical (unpaired) electrons. The molecule has 0 aromatic carbocycles.